The molecule has 3 heteroatoms. The van der Waals surface area contributed by atoms with E-state index in [1.807, 2.05) is 12.1 Å². The third-order valence-electron chi connectivity index (χ3n) is 2.91. The molecular formula is C14H18O3. The predicted molar refractivity (Wildman–Crippen MR) is 66.1 cm³/mol. The van der Waals surface area contributed by atoms with Crippen LogP contribution in [0.5, 0.6) is 11.5 Å². The summed E-state index contributed by atoms with van der Waals surface area (Å²) in [6.07, 6.45) is 0.877. The van der Waals surface area contributed by atoms with Crippen LogP contribution >= 0.6 is 0 Å². The monoisotopic (exact) mass is 234 g/mol. The highest BCUT2D eigenvalue weighted by Crippen LogP contribution is 2.39. The summed E-state index contributed by atoms with van der Waals surface area (Å²) >= 11 is 0. The van der Waals surface area contributed by atoms with Crippen LogP contribution < -0.4 is 9.47 Å². The molecule has 1 aliphatic rings. The summed E-state index contributed by atoms with van der Waals surface area (Å²) in [6.45, 7) is 7.04. The number of ether oxygens (including phenoxy) is 2. The molecule has 0 N–H and O–H groups in total. The van der Waals surface area contributed by atoms with Crippen molar-refractivity contribution in [1.82, 2.24) is 0 Å². The lowest BCUT2D eigenvalue weighted by atomic mass is 9.93. The molecule has 92 valence electrons. The molecule has 0 saturated heterocycles. The molecular weight excluding hydrogens is 216 g/mol. The van der Waals surface area contributed by atoms with Gasteiger partial charge in [0.15, 0.2) is 17.3 Å². The number of fused-ring (bicyclic) bond motifs is 1. The van der Waals surface area contributed by atoms with Crippen molar-refractivity contribution in [3.05, 3.63) is 23.3 Å². The van der Waals surface area contributed by atoms with E-state index < -0.39 is 0 Å². The Morgan fingerprint density at radius 1 is 1.24 bits per heavy atom. The molecule has 1 heterocycles. The minimum atomic E-state index is 0.0735. The van der Waals surface area contributed by atoms with E-state index >= 15 is 0 Å². The standard InChI is InChI=1S/C14H18O3/c1-9(2)13-11(10(3)15)5-6-12-14(13)17-8-4-7-16-12/h5-6,9H,4,7-8H2,1-3H3. The summed E-state index contributed by atoms with van der Waals surface area (Å²) in [4.78, 5) is 11.6. The maximum atomic E-state index is 11.6. The molecule has 2 rings (SSSR count). The quantitative estimate of drug-likeness (QED) is 0.737. The smallest absolute Gasteiger partial charge is 0.165 e. The third kappa shape index (κ3) is 2.28. The maximum Gasteiger partial charge on any atom is 0.165 e. The van der Waals surface area contributed by atoms with Crippen LogP contribution in [-0.2, 0) is 0 Å². The Balaban J connectivity index is 2.59. The van der Waals surface area contributed by atoms with Gasteiger partial charge in [-0.05, 0) is 25.0 Å². The topological polar surface area (TPSA) is 35.5 Å². The zero-order chi connectivity index (χ0) is 12.4. The molecule has 0 atom stereocenters. The number of hydrogen-bond acceptors (Lipinski definition) is 3. The molecule has 0 unspecified atom stereocenters. The average Bonchev–Trinajstić information content (AvgIpc) is 2.51. The Bertz CT molecular complexity index is 435. The van der Waals surface area contributed by atoms with Crippen molar-refractivity contribution in [3.63, 3.8) is 0 Å². The first kappa shape index (κ1) is 12.0. The summed E-state index contributed by atoms with van der Waals surface area (Å²) in [5, 5.41) is 0. The number of benzene rings is 1. The lowest BCUT2D eigenvalue weighted by Gasteiger charge is -2.18. The van der Waals surface area contributed by atoms with Crippen LogP contribution in [0.15, 0.2) is 12.1 Å². The summed E-state index contributed by atoms with van der Waals surface area (Å²) in [6, 6.07) is 3.68. The number of carbonyl (C=O) groups is 1. The lowest BCUT2D eigenvalue weighted by molar-refractivity contribution is 0.101. The second-order valence-electron chi connectivity index (χ2n) is 4.62. The van der Waals surface area contributed by atoms with Crippen LogP contribution in [0.2, 0.25) is 0 Å². The molecule has 0 amide bonds. The van der Waals surface area contributed by atoms with E-state index in [1.165, 1.54) is 0 Å². The van der Waals surface area contributed by atoms with Gasteiger partial charge in [-0.1, -0.05) is 13.8 Å². The Morgan fingerprint density at radius 2 is 1.94 bits per heavy atom. The van der Waals surface area contributed by atoms with Gasteiger partial charge in [0, 0.05) is 17.5 Å². The van der Waals surface area contributed by atoms with Crippen LogP contribution in [0.3, 0.4) is 0 Å². The van der Waals surface area contributed by atoms with E-state index in [1.54, 1.807) is 6.92 Å². The zero-order valence-electron chi connectivity index (χ0n) is 10.6. The lowest BCUT2D eigenvalue weighted by Crippen LogP contribution is -2.06. The van der Waals surface area contributed by atoms with Crippen molar-refractivity contribution in [1.29, 1.82) is 0 Å². The third-order valence-corrected chi connectivity index (χ3v) is 2.91. The second-order valence-corrected chi connectivity index (χ2v) is 4.62. The number of Topliss-reactive ketones (excluding diaryl/α,β-unsaturated/α-hetero) is 1. The van der Waals surface area contributed by atoms with E-state index in [0.29, 0.717) is 13.2 Å². The molecule has 1 aliphatic heterocycles. The van der Waals surface area contributed by atoms with E-state index in [9.17, 15) is 4.79 Å². The van der Waals surface area contributed by atoms with E-state index in [-0.39, 0.29) is 11.7 Å². The molecule has 17 heavy (non-hydrogen) atoms. The number of hydrogen-bond donors (Lipinski definition) is 0. The van der Waals surface area contributed by atoms with Gasteiger partial charge in [0.2, 0.25) is 0 Å². The SMILES string of the molecule is CC(=O)c1ccc2c(c1C(C)C)OCCCO2. The van der Waals surface area contributed by atoms with Crippen molar-refractivity contribution >= 4 is 5.78 Å². The van der Waals surface area contributed by atoms with Gasteiger partial charge in [0.25, 0.3) is 0 Å². The fourth-order valence-electron chi connectivity index (χ4n) is 2.14. The minimum absolute atomic E-state index is 0.0735. The molecule has 0 spiro atoms. The molecule has 1 aromatic carbocycles. The normalized spacial score (nSPS) is 14.6. The van der Waals surface area contributed by atoms with E-state index in [2.05, 4.69) is 13.8 Å². The van der Waals surface area contributed by atoms with Crippen LogP contribution in [0.25, 0.3) is 0 Å². The molecule has 0 saturated carbocycles. The zero-order valence-corrected chi connectivity index (χ0v) is 10.6. The van der Waals surface area contributed by atoms with E-state index in [4.69, 9.17) is 9.47 Å². The van der Waals surface area contributed by atoms with Crippen molar-refractivity contribution in [2.24, 2.45) is 0 Å². The van der Waals surface area contributed by atoms with Gasteiger partial charge in [-0.25, -0.2) is 0 Å². The van der Waals surface area contributed by atoms with Gasteiger partial charge in [-0.15, -0.1) is 0 Å². The number of rotatable bonds is 2. The molecule has 0 radical (unpaired) electrons. The molecule has 0 aromatic heterocycles. The maximum absolute atomic E-state index is 11.6. The Kier molecular flexibility index (Phi) is 3.36. The fraction of sp³-hybridized carbons (Fsp3) is 0.500. The van der Waals surface area contributed by atoms with Crippen LogP contribution in [0.4, 0.5) is 0 Å². The van der Waals surface area contributed by atoms with Crippen LogP contribution in [-0.4, -0.2) is 19.0 Å². The van der Waals surface area contributed by atoms with Crippen LogP contribution in [0.1, 0.15) is 49.0 Å². The molecule has 0 aliphatic carbocycles. The van der Waals surface area contributed by atoms with Gasteiger partial charge in [-0.3, -0.25) is 4.79 Å². The summed E-state index contributed by atoms with van der Waals surface area (Å²) in [5.74, 6) is 1.83. The van der Waals surface area contributed by atoms with Crippen molar-refractivity contribution in [2.75, 3.05) is 13.2 Å². The van der Waals surface area contributed by atoms with Gasteiger partial charge in [-0.2, -0.15) is 0 Å². The summed E-state index contributed by atoms with van der Waals surface area (Å²) in [5.41, 5.74) is 1.71. The Morgan fingerprint density at radius 3 is 2.59 bits per heavy atom. The van der Waals surface area contributed by atoms with E-state index in [0.717, 1.165) is 29.0 Å². The predicted octanol–water partition coefficient (Wildman–Crippen LogP) is 3.17. The average molecular weight is 234 g/mol. The summed E-state index contributed by atoms with van der Waals surface area (Å²) < 4.78 is 11.4. The molecule has 0 bridgehead atoms. The highest BCUT2D eigenvalue weighted by molar-refractivity contribution is 5.96. The second kappa shape index (κ2) is 4.78. The van der Waals surface area contributed by atoms with Gasteiger partial charge < -0.3 is 9.47 Å². The first-order valence-corrected chi connectivity index (χ1v) is 6.04. The van der Waals surface area contributed by atoms with Gasteiger partial charge >= 0.3 is 0 Å². The fourth-order valence-corrected chi connectivity index (χ4v) is 2.14. The van der Waals surface area contributed by atoms with Crippen LogP contribution in [0, 0.1) is 0 Å². The van der Waals surface area contributed by atoms with Crippen molar-refractivity contribution in [3.8, 4) is 11.5 Å². The Labute approximate surface area is 102 Å². The first-order valence-electron chi connectivity index (χ1n) is 6.04. The highest BCUT2D eigenvalue weighted by atomic mass is 16.5. The van der Waals surface area contributed by atoms with Gasteiger partial charge in [0.05, 0.1) is 13.2 Å². The molecule has 0 fully saturated rings. The number of ketones is 1. The minimum Gasteiger partial charge on any atom is -0.490 e. The highest BCUT2D eigenvalue weighted by Gasteiger charge is 2.22. The molecule has 3 nitrogen and oxygen atoms in total. The Hall–Kier alpha value is -1.51. The molecule has 1 aromatic rings. The number of carbonyl (C=O) groups excluding carboxylic acids is 1. The largest absolute Gasteiger partial charge is 0.490 e. The first-order chi connectivity index (χ1) is 8.11. The van der Waals surface area contributed by atoms with Crippen molar-refractivity contribution in [2.45, 2.75) is 33.1 Å². The van der Waals surface area contributed by atoms with Crippen molar-refractivity contribution < 1.29 is 14.3 Å². The summed E-state index contributed by atoms with van der Waals surface area (Å²) in [7, 11) is 0. The van der Waals surface area contributed by atoms with Gasteiger partial charge in [0.1, 0.15) is 0 Å².